The Morgan fingerprint density at radius 2 is 1.94 bits per heavy atom. The van der Waals surface area contributed by atoms with Gasteiger partial charge in [0.1, 0.15) is 0 Å². The summed E-state index contributed by atoms with van der Waals surface area (Å²) in [6, 6.07) is -0.512. The number of hydrogen-bond donors (Lipinski definition) is 3. The van der Waals surface area contributed by atoms with E-state index < -0.39 is 12.0 Å². The van der Waals surface area contributed by atoms with Crippen LogP contribution in [-0.4, -0.2) is 29.6 Å². The average Bonchev–Trinajstić information content (AvgIpc) is 2.22. The topological polar surface area (TPSA) is 92.4 Å². The van der Waals surface area contributed by atoms with Crippen molar-refractivity contribution in [3.63, 3.8) is 0 Å². The Labute approximate surface area is 96.4 Å². The zero-order valence-corrected chi connectivity index (χ0v) is 10.2. The number of carboxylic acids is 1. The molecule has 0 bridgehead atoms. The molecule has 94 valence electrons. The van der Waals surface area contributed by atoms with Crippen LogP contribution >= 0.6 is 0 Å². The van der Waals surface area contributed by atoms with Crippen molar-refractivity contribution in [2.75, 3.05) is 6.54 Å². The maximum atomic E-state index is 11.6. The van der Waals surface area contributed by atoms with Crippen molar-refractivity contribution in [3.05, 3.63) is 0 Å². The summed E-state index contributed by atoms with van der Waals surface area (Å²) in [5.41, 5.74) is 5.73. The lowest BCUT2D eigenvalue weighted by atomic mass is 9.99. The number of rotatable bonds is 7. The number of carbonyl (C=O) groups is 2. The van der Waals surface area contributed by atoms with E-state index in [9.17, 15) is 9.59 Å². The normalized spacial score (nSPS) is 16.2. The van der Waals surface area contributed by atoms with E-state index in [2.05, 4.69) is 5.32 Å². The number of aliphatic carboxylic acids is 1. The summed E-state index contributed by atoms with van der Waals surface area (Å²) >= 11 is 0. The van der Waals surface area contributed by atoms with Gasteiger partial charge in [0.25, 0.3) is 0 Å². The molecule has 0 fully saturated rings. The van der Waals surface area contributed by atoms with Crippen LogP contribution in [0.2, 0.25) is 0 Å². The van der Waals surface area contributed by atoms with Crippen LogP contribution in [0.25, 0.3) is 0 Å². The largest absolute Gasteiger partial charge is 0.481 e. The molecule has 1 unspecified atom stereocenters. The summed E-state index contributed by atoms with van der Waals surface area (Å²) in [6.07, 6.45) is 0.901. The van der Waals surface area contributed by atoms with Gasteiger partial charge >= 0.3 is 5.97 Å². The van der Waals surface area contributed by atoms with E-state index in [0.717, 1.165) is 6.42 Å². The fraction of sp³-hybridized carbons (Fsp3) is 0.818. The lowest BCUT2D eigenvalue weighted by Crippen LogP contribution is -2.45. The third kappa shape index (κ3) is 5.70. The lowest BCUT2D eigenvalue weighted by molar-refractivity contribution is -0.138. The summed E-state index contributed by atoms with van der Waals surface area (Å²) in [4.78, 5) is 22.0. The minimum Gasteiger partial charge on any atom is -0.481 e. The molecule has 0 aromatic heterocycles. The summed E-state index contributed by atoms with van der Waals surface area (Å²) < 4.78 is 0. The van der Waals surface area contributed by atoms with Crippen molar-refractivity contribution < 1.29 is 14.7 Å². The predicted octanol–water partition coefficient (Wildman–Crippen LogP) is 0.587. The van der Waals surface area contributed by atoms with Crippen LogP contribution < -0.4 is 11.1 Å². The molecule has 0 heterocycles. The monoisotopic (exact) mass is 230 g/mol. The highest BCUT2D eigenvalue weighted by molar-refractivity contribution is 5.81. The second-order valence-corrected chi connectivity index (χ2v) is 4.36. The Bertz CT molecular complexity index is 243. The van der Waals surface area contributed by atoms with Crippen molar-refractivity contribution in [2.24, 2.45) is 17.6 Å². The average molecular weight is 230 g/mol. The molecule has 0 radical (unpaired) electrons. The molecule has 4 N–H and O–H groups in total. The van der Waals surface area contributed by atoms with Crippen LogP contribution in [0.5, 0.6) is 0 Å². The molecule has 3 atom stereocenters. The predicted molar refractivity (Wildman–Crippen MR) is 61.9 cm³/mol. The summed E-state index contributed by atoms with van der Waals surface area (Å²) in [7, 11) is 0. The molecule has 0 rings (SSSR count). The van der Waals surface area contributed by atoms with E-state index in [4.69, 9.17) is 10.8 Å². The van der Waals surface area contributed by atoms with Crippen molar-refractivity contribution in [2.45, 2.75) is 39.7 Å². The van der Waals surface area contributed by atoms with E-state index >= 15 is 0 Å². The molecular formula is C11H22N2O3. The third-order valence-corrected chi connectivity index (χ3v) is 2.71. The number of carbonyl (C=O) groups excluding carboxylic acids is 1. The van der Waals surface area contributed by atoms with Gasteiger partial charge in [-0.2, -0.15) is 0 Å². The van der Waals surface area contributed by atoms with Gasteiger partial charge in [-0.25, -0.2) is 0 Å². The Morgan fingerprint density at radius 1 is 1.38 bits per heavy atom. The smallest absolute Gasteiger partial charge is 0.303 e. The van der Waals surface area contributed by atoms with Crippen molar-refractivity contribution >= 4 is 11.9 Å². The molecule has 16 heavy (non-hydrogen) atoms. The van der Waals surface area contributed by atoms with Crippen LogP contribution in [0.1, 0.15) is 33.6 Å². The Morgan fingerprint density at radius 3 is 2.38 bits per heavy atom. The minimum atomic E-state index is -0.854. The van der Waals surface area contributed by atoms with E-state index in [-0.39, 0.29) is 24.2 Å². The molecule has 5 heteroatoms. The molecule has 0 saturated carbocycles. The first-order chi connectivity index (χ1) is 7.38. The molecule has 0 spiro atoms. The maximum Gasteiger partial charge on any atom is 0.303 e. The number of nitrogens with one attached hydrogen (secondary N) is 1. The van der Waals surface area contributed by atoms with Gasteiger partial charge in [-0.1, -0.05) is 27.2 Å². The first-order valence-corrected chi connectivity index (χ1v) is 5.63. The fourth-order valence-corrected chi connectivity index (χ4v) is 1.28. The van der Waals surface area contributed by atoms with Gasteiger partial charge in [-0.15, -0.1) is 0 Å². The lowest BCUT2D eigenvalue weighted by Gasteiger charge is -2.19. The SMILES string of the molecule is CC[C@H](C)[C@H](N)C(=O)NCC(C)CC(=O)O. The number of hydrogen-bond acceptors (Lipinski definition) is 3. The van der Waals surface area contributed by atoms with E-state index in [0.29, 0.717) is 6.54 Å². The van der Waals surface area contributed by atoms with Crippen LogP contribution in [0.3, 0.4) is 0 Å². The highest BCUT2D eigenvalue weighted by Gasteiger charge is 2.19. The number of nitrogens with two attached hydrogens (primary N) is 1. The van der Waals surface area contributed by atoms with Crippen LogP contribution in [0.15, 0.2) is 0 Å². The summed E-state index contributed by atoms with van der Waals surface area (Å²) in [6.45, 7) is 6.04. The van der Waals surface area contributed by atoms with E-state index in [1.165, 1.54) is 0 Å². The highest BCUT2D eigenvalue weighted by atomic mass is 16.4. The number of carboxylic acid groups (broad SMARTS) is 1. The van der Waals surface area contributed by atoms with Crippen LogP contribution in [0, 0.1) is 11.8 Å². The van der Waals surface area contributed by atoms with Gasteiger partial charge in [-0.3, -0.25) is 9.59 Å². The molecule has 1 amide bonds. The number of amides is 1. The van der Waals surface area contributed by atoms with Gasteiger partial charge in [0, 0.05) is 13.0 Å². The minimum absolute atomic E-state index is 0.0544. The quantitative estimate of drug-likeness (QED) is 0.596. The summed E-state index contributed by atoms with van der Waals surface area (Å²) in [5.74, 6) is -1.00. The van der Waals surface area contributed by atoms with Crippen molar-refractivity contribution in [1.82, 2.24) is 5.32 Å². The molecule has 0 aliphatic rings. The molecular weight excluding hydrogens is 208 g/mol. The summed E-state index contributed by atoms with van der Waals surface area (Å²) in [5, 5.41) is 11.2. The van der Waals surface area contributed by atoms with E-state index in [1.54, 1.807) is 6.92 Å². The van der Waals surface area contributed by atoms with Crippen LogP contribution in [0.4, 0.5) is 0 Å². The molecule has 5 nitrogen and oxygen atoms in total. The van der Waals surface area contributed by atoms with Gasteiger partial charge < -0.3 is 16.2 Å². The first-order valence-electron chi connectivity index (χ1n) is 5.63. The second-order valence-electron chi connectivity index (χ2n) is 4.36. The van der Waals surface area contributed by atoms with Gasteiger partial charge in [0.05, 0.1) is 6.04 Å². The third-order valence-electron chi connectivity index (χ3n) is 2.71. The maximum absolute atomic E-state index is 11.6. The van der Waals surface area contributed by atoms with Gasteiger partial charge in [0.15, 0.2) is 0 Å². The molecule has 0 aliphatic carbocycles. The highest BCUT2D eigenvalue weighted by Crippen LogP contribution is 2.06. The second kappa shape index (κ2) is 7.22. The van der Waals surface area contributed by atoms with Crippen LogP contribution in [-0.2, 0) is 9.59 Å². The Hall–Kier alpha value is -1.10. The Balaban J connectivity index is 3.92. The first kappa shape index (κ1) is 14.9. The Kier molecular flexibility index (Phi) is 6.72. The molecule has 0 aromatic carbocycles. The zero-order chi connectivity index (χ0) is 12.7. The molecule has 0 saturated heterocycles. The van der Waals surface area contributed by atoms with Crippen molar-refractivity contribution in [3.8, 4) is 0 Å². The standard InChI is InChI=1S/C11H22N2O3/c1-4-8(3)10(12)11(16)13-6-7(2)5-9(14)15/h7-8,10H,4-6,12H2,1-3H3,(H,13,16)(H,14,15)/t7?,8-,10-/m0/s1. The zero-order valence-electron chi connectivity index (χ0n) is 10.2. The fourth-order valence-electron chi connectivity index (χ4n) is 1.28. The van der Waals surface area contributed by atoms with Gasteiger partial charge in [0.2, 0.25) is 5.91 Å². The molecule has 0 aliphatic heterocycles. The van der Waals surface area contributed by atoms with E-state index in [1.807, 2.05) is 13.8 Å². The molecule has 0 aromatic rings. The van der Waals surface area contributed by atoms with Gasteiger partial charge in [-0.05, 0) is 11.8 Å². The van der Waals surface area contributed by atoms with Crippen molar-refractivity contribution in [1.29, 1.82) is 0 Å².